The van der Waals surface area contributed by atoms with Gasteiger partial charge in [-0.1, -0.05) is 0 Å². The van der Waals surface area contributed by atoms with Crippen molar-refractivity contribution in [2.45, 2.75) is 32.1 Å². The van der Waals surface area contributed by atoms with Gasteiger partial charge in [-0.2, -0.15) is 0 Å². The fraction of sp³-hybridized carbons (Fsp3) is 0.429. The van der Waals surface area contributed by atoms with E-state index in [9.17, 15) is 0 Å². The first-order valence-electron chi connectivity index (χ1n) is 6.58. The van der Waals surface area contributed by atoms with Crippen molar-refractivity contribution in [1.29, 1.82) is 0 Å². The summed E-state index contributed by atoms with van der Waals surface area (Å²) in [5, 5.41) is 0. The van der Waals surface area contributed by atoms with E-state index in [1.54, 1.807) is 0 Å². The minimum absolute atomic E-state index is 0.660. The molecule has 0 spiro atoms. The van der Waals surface area contributed by atoms with Gasteiger partial charge in [0.25, 0.3) is 0 Å². The summed E-state index contributed by atoms with van der Waals surface area (Å²) in [6, 6.07) is 2.16. The van der Waals surface area contributed by atoms with Crippen LogP contribution < -0.4 is 5.73 Å². The van der Waals surface area contributed by atoms with Crippen molar-refractivity contribution in [3.05, 3.63) is 41.7 Å². The number of hydrogen-bond donors (Lipinski definition) is 1. The van der Waals surface area contributed by atoms with Crippen LogP contribution in [0.15, 0.2) is 24.8 Å². The molecule has 0 unspecified atom stereocenters. The van der Waals surface area contributed by atoms with E-state index in [-0.39, 0.29) is 0 Å². The average molecular weight is 242 g/mol. The summed E-state index contributed by atoms with van der Waals surface area (Å²) in [6.45, 7) is 0.660. The van der Waals surface area contributed by atoms with Gasteiger partial charge < -0.3 is 10.3 Å². The van der Waals surface area contributed by atoms with Gasteiger partial charge in [-0.05, 0) is 50.3 Å². The van der Waals surface area contributed by atoms with Crippen molar-refractivity contribution in [3.8, 4) is 5.69 Å². The van der Waals surface area contributed by atoms with Crippen molar-refractivity contribution in [1.82, 2.24) is 14.5 Å². The molecule has 2 aromatic heterocycles. The first-order valence-corrected chi connectivity index (χ1v) is 6.58. The lowest BCUT2D eigenvalue weighted by atomic mass is 10.0. The van der Waals surface area contributed by atoms with E-state index in [2.05, 4.69) is 20.6 Å². The Labute approximate surface area is 107 Å². The van der Waals surface area contributed by atoms with Gasteiger partial charge >= 0.3 is 0 Å². The number of nitrogens with zero attached hydrogens (tertiary/aromatic N) is 3. The van der Waals surface area contributed by atoms with E-state index in [4.69, 9.17) is 5.73 Å². The molecule has 94 valence electrons. The van der Waals surface area contributed by atoms with Crippen molar-refractivity contribution in [2.24, 2.45) is 5.73 Å². The fourth-order valence-corrected chi connectivity index (χ4v) is 2.60. The highest BCUT2D eigenvalue weighted by Crippen LogP contribution is 2.23. The molecule has 4 heteroatoms. The Morgan fingerprint density at radius 1 is 1.22 bits per heavy atom. The lowest BCUT2D eigenvalue weighted by Crippen LogP contribution is -2.08. The van der Waals surface area contributed by atoms with E-state index in [0.717, 1.165) is 24.9 Å². The molecule has 2 aromatic rings. The van der Waals surface area contributed by atoms with Crippen molar-refractivity contribution in [3.63, 3.8) is 0 Å². The standard InChI is InChI=1S/C14H18N4/c15-6-5-11-7-12(9-16-8-11)18-10-17-13-3-1-2-4-14(13)18/h7-10H,1-6,15H2. The summed E-state index contributed by atoms with van der Waals surface area (Å²) < 4.78 is 2.18. The van der Waals surface area contributed by atoms with Gasteiger partial charge in [0.2, 0.25) is 0 Å². The number of fused-ring (bicyclic) bond motifs is 1. The van der Waals surface area contributed by atoms with E-state index in [1.807, 2.05) is 18.7 Å². The van der Waals surface area contributed by atoms with E-state index in [1.165, 1.54) is 29.8 Å². The number of aromatic nitrogens is 3. The normalized spacial score (nSPS) is 14.5. The van der Waals surface area contributed by atoms with Crippen molar-refractivity contribution >= 4 is 0 Å². The Kier molecular flexibility index (Phi) is 3.11. The minimum atomic E-state index is 0.660. The molecule has 0 aliphatic heterocycles. The molecule has 2 heterocycles. The number of hydrogen-bond acceptors (Lipinski definition) is 3. The SMILES string of the molecule is NCCc1cncc(-n2cnc3c2CCCC3)c1. The molecule has 0 bridgehead atoms. The zero-order chi connectivity index (χ0) is 12.4. The van der Waals surface area contributed by atoms with Gasteiger partial charge in [0, 0.05) is 11.9 Å². The molecule has 0 saturated carbocycles. The minimum Gasteiger partial charge on any atom is -0.330 e. The first kappa shape index (κ1) is 11.4. The molecule has 1 aliphatic rings. The van der Waals surface area contributed by atoms with Gasteiger partial charge in [-0.3, -0.25) is 4.98 Å². The average Bonchev–Trinajstić information content (AvgIpc) is 2.83. The van der Waals surface area contributed by atoms with Crippen LogP contribution in [0.1, 0.15) is 29.8 Å². The molecule has 4 nitrogen and oxygen atoms in total. The topological polar surface area (TPSA) is 56.7 Å². The van der Waals surface area contributed by atoms with Gasteiger partial charge in [0.05, 0.1) is 23.9 Å². The van der Waals surface area contributed by atoms with Gasteiger partial charge in [0.1, 0.15) is 0 Å². The zero-order valence-electron chi connectivity index (χ0n) is 10.5. The smallest absolute Gasteiger partial charge is 0.0998 e. The largest absolute Gasteiger partial charge is 0.330 e. The maximum absolute atomic E-state index is 5.59. The molecule has 0 radical (unpaired) electrons. The maximum atomic E-state index is 5.59. The maximum Gasteiger partial charge on any atom is 0.0998 e. The highest BCUT2D eigenvalue weighted by atomic mass is 15.1. The molecule has 2 N–H and O–H groups in total. The number of imidazole rings is 1. The first-order chi connectivity index (χ1) is 8.88. The van der Waals surface area contributed by atoms with E-state index < -0.39 is 0 Å². The second kappa shape index (κ2) is 4.90. The van der Waals surface area contributed by atoms with Gasteiger partial charge in [0.15, 0.2) is 0 Å². The molecule has 1 aliphatic carbocycles. The summed E-state index contributed by atoms with van der Waals surface area (Å²) >= 11 is 0. The molecule has 0 fully saturated rings. The number of nitrogens with two attached hydrogens (primary N) is 1. The van der Waals surface area contributed by atoms with Crippen LogP contribution in [0.25, 0.3) is 5.69 Å². The molecule has 0 aromatic carbocycles. The third-order valence-corrected chi connectivity index (χ3v) is 3.52. The van der Waals surface area contributed by atoms with Crippen LogP contribution in [0.3, 0.4) is 0 Å². The third kappa shape index (κ3) is 2.04. The molecule has 0 atom stereocenters. The summed E-state index contributed by atoms with van der Waals surface area (Å²) in [6.07, 6.45) is 11.3. The lowest BCUT2D eigenvalue weighted by molar-refractivity contribution is 0.655. The predicted octanol–water partition coefficient (Wildman–Crippen LogP) is 1.65. The van der Waals surface area contributed by atoms with E-state index >= 15 is 0 Å². The van der Waals surface area contributed by atoms with Gasteiger partial charge in [-0.25, -0.2) is 4.98 Å². The fourth-order valence-electron chi connectivity index (χ4n) is 2.60. The summed E-state index contributed by atoms with van der Waals surface area (Å²) in [4.78, 5) is 8.82. The predicted molar refractivity (Wildman–Crippen MR) is 70.8 cm³/mol. The Morgan fingerprint density at radius 3 is 3.00 bits per heavy atom. The summed E-state index contributed by atoms with van der Waals surface area (Å²) in [5.74, 6) is 0. The van der Waals surface area contributed by atoms with Crippen LogP contribution in [0.5, 0.6) is 0 Å². The highest BCUT2D eigenvalue weighted by molar-refractivity contribution is 5.36. The Morgan fingerprint density at radius 2 is 2.11 bits per heavy atom. The summed E-state index contributed by atoms with van der Waals surface area (Å²) in [7, 11) is 0. The lowest BCUT2D eigenvalue weighted by Gasteiger charge is -2.14. The Bertz CT molecular complexity index is 544. The molecule has 3 rings (SSSR count). The van der Waals surface area contributed by atoms with Crippen molar-refractivity contribution in [2.75, 3.05) is 6.54 Å². The molecule has 0 saturated heterocycles. The van der Waals surface area contributed by atoms with Gasteiger partial charge in [-0.15, -0.1) is 0 Å². The van der Waals surface area contributed by atoms with E-state index in [0.29, 0.717) is 6.54 Å². The molecular weight excluding hydrogens is 224 g/mol. The van der Waals surface area contributed by atoms with Crippen LogP contribution >= 0.6 is 0 Å². The number of rotatable bonds is 3. The molecule has 0 amide bonds. The van der Waals surface area contributed by atoms with Crippen LogP contribution in [0.4, 0.5) is 0 Å². The number of pyridine rings is 1. The summed E-state index contributed by atoms with van der Waals surface area (Å²) in [5.41, 5.74) is 10.5. The van der Waals surface area contributed by atoms with Crippen LogP contribution in [0.2, 0.25) is 0 Å². The van der Waals surface area contributed by atoms with Crippen molar-refractivity contribution < 1.29 is 0 Å². The quantitative estimate of drug-likeness (QED) is 0.890. The third-order valence-electron chi connectivity index (χ3n) is 3.52. The van der Waals surface area contributed by atoms with Crippen LogP contribution in [-0.2, 0) is 19.3 Å². The molecular formula is C14H18N4. The Hall–Kier alpha value is -1.68. The number of aryl methyl sites for hydroxylation is 1. The monoisotopic (exact) mass is 242 g/mol. The van der Waals surface area contributed by atoms with Crippen LogP contribution in [0, 0.1) is 0 Å². The zero-order valence-corrected chi connectivity index (χ0v) is 10.5. The molecule has 18 heavy (non-hydrogen) atoms. The highest BCUT2D eigenvalue weighted by Gasteiger charge is 2.16. The Balaban J connectivity index is 1.99. The second-order valence-corrected chi connectivity index (χ2v) is 4.81. The van der Waals surface area contributed by atoms with Crippen LogP contribution in [-0.4, -0.2) is 21.1 Å². The second-order valence-electron chi connectivity index (χ2n) is 4.81.